The number of carbonyl (C=O) groups is 1. The zero-order valence-corrected chi connectivity index (χ0v) is 9.05. The van der Waals surface area contributed by atoms with Crippen LogP contribution in [0.1, 0.15) is 20.8 Å². The highest BCUT2D eigenvalue weighted by Crippen LogP contribution is 2.02. The monoisotopic (exact) mass is 197 g/mol. The summed E-state index contributed by atoms with van der Waals surface area (Å²) >= 11 is 0. The molecule has 0 aromatic heterocycles. The number of allylic oxidation sites excluding steroid dienone is 2. The minimum absolute atomic E-state index is 0.195. The van der Waals surface area contributed by atoms with Crippen LogP contribution in [0.4, 0.5) is 0 Å². The van der Waals surface area contributed by atoms with Gasteiger partial charge in [-0.3, -0.25) is 4.79 Å². The van der Waals surface area contributed by atoms with E-state index in [4.69, 9.17) is 5.73 Å². The molecule has 4 N–H and O–H groups in total. The molecule has 4 heteroatoms. The van der Waals surface area contributed by atoms with Crippen molar-refractivity contribution in [1.82, 2.24) is 10.6 Å². The number of rotatable bonds is 3. The van der Waals surface area contributed by atoms with Gasteiger partial charge >= 0.3 is 0 Å². The Balaban J connectivity index is 0.000000791. The van der Waals surface area contributed by atoms with E-state index >= 15 is 0 Å². The highest BCUT2D eigenvalue weighted by atomic mass is 16.1. The van der Waals surface area contributed by atoms with E-state index in [2.05, 4.69) is 10.6 Å². The van der Waals surface area contributed by atoms with Gasteiger partial charge < -0.3 is 16.4 Å². The third kappa shape index (κ3) is 5.24. The fraction of sp³-hybridized carbons (Fsp3) is 0.500. The molecule has 0 radical (unpaired) electrons. The van der Waals surface area contributed by atoms with Gasteiger partial charge in [-0.15, -0.1) is 0 Å². The van der Waals surface area contributed by atoms with Crippen LogP contribution >= 0.6 is 0 Å². The molecule has 0 bridgehead atoms. The zero-order chi connectivity index (χ0) is 11.0. The summed E-state index contributed by atoms with van der Waals surface area (Å²) in [5.74, 6) is -0.344. The van der Waals surface area contributed by atoms with Crippen LogP contribution in [0.5, 0.6) is 0 Å². The highest BCUT2D eigenvalue weighted by Gasteiger charge is 2.01. The number of dihydropyridines is 1. The minimum Gasteiger partial charge on any atom is -0.385 e. The lowest BCUT2D eigenvalue weighted by Gasteiger charge is -2.14. The Bertz CT molecular complexity index is 244. The van der Waals surface area contributed by atoms with E-state index < -0.39 is 0 Å². The van der Waals surface area contributed by atoms with Gasteiger partial charge in [-0.05, 0) is 24.8 Å². The van der Waals surface area contributed by atoms with Crippen LogP contribution in [-0.2, 0) is 4.79 Å². The molecule has 1 heterocycles. The highest BCUT2D eigenvalue weighted by molar-refractivity contribution is 5.76. The molecule has 0 spiro atoms. The van der Waals surface area contributed by atoms with Crippen molar-refractivity contribution in [2.45, 2.75) is 20.8 Å². The second-order valence-electron chi connectivity index (χ2n) is 2.76. The number of nitrogens with two attached hydrogens (primary N) is 1. The Labute approximate surface area is 85.2 Å². The summed E-state index contributed by atoms with van der Waals surface area (Å²) in [6, 6.07) is 0. The standard InChI is InChI=1S/C8H13N3O.C2H6/c1-6-2-7(4-10-3-6)11-5-8(9)12;1-2/h2-3,10-11H,4-5H2,1H3,(H2,9,12);1-2H3. The summed E-state index contributed by atoms with van der Waals surface area (Å²) in [4.78, 5) is 10.4. The third-order valence-corrected chi connectivity index (χ3v) is 1.51. The van der Waals surface area contributed by atoms with Crippen molar-refractivity contribution in [2.75, 3.05) is 13.1 Å². The predicted octanol–water partition coefficient (Wildman–Crippen LogP) is 0.478. The molecule has 1 aliphatic rings. The van der Waals surface area contributed by atoms with E-state index in [1.54, 1.807) is 0 Å². The lowest BCUT2D eigenvalue weighted by atomic mass is 10.2. The average molecular weight is 197 g/mol. The van der Waals surface area contributed by atoms with Gasteiger partial charge in [0.25, 0.3) is 0 Å². The van der Waals surface area contributed by atoms with Crippen molar-refractivity contribution in [3.63, 3.8) is 0 Å². The molecule has 0 aliphatic carbocycles. The van der Waals surface area contributed by atoms with Crippen molar-refractivity contribution < 1.29 is 4.79 Å². The van der Waals surface area contributed by atoms with Crippen molar-refractivity contribution in [3.05, 3.63) is 23.5 Å². The van der Waals surface area contributed by atoms with Crippen molar-refractivity contribution in [3.8, 4) is 0 Å². The van der Waals surface area contributed by atoms with Crippen molar-refractivity contribution in [2.24, 2.45) is 5.73 Å². The van der Waals surface area contributed by atoms with Gasteiger partial charge in [-0.25, -0.2) is 0 Å². The molecule has 14 heavy (non-hydrogen) atoms. The zero-order valence-electron chi connectivity index (χ0n) is 9.05. The quantitative estimate of drug-likeness (QED) is 0.616. The predicted molar refractivity (Wildman–Crippen MR) is 58.4 cm³/mol. The first-order valence-corrected chi connectivity index (χ1v) is 4.81. The van der Waals surface area contributed by atoms with Gasteiger partial charge in [0.15, 0.2) is 0 Å². The molecule has 1 amide bonds. The van der Waals surface area contributed by atoms with E-state index in [-0.39, 0.29) is 12.5 Å². The Morgan fingerprint density at radius 1 is 1.64 bits per heavy atom. The number of amides is 1. The van der Waals surface area contributed by atoms with Crippen LogP contribution in [-0.4, -0.2) is 19.0 Å². The molecular weight excluding hydrogens is 178 g/mol. The van der Waals surface area contributed by atoms with Crippen LogP contribution in [0.25, 0.3) is 0 Å². The summed E-state index contributed by atoms with van der Waals surface area (Å²) in [5.41, 5.74) is 7.11. The van der Waals surface area contributed by atoms with Gasteiger partial charge in [0.1, 0.15) is 0 Å². The lowest BCUT2D eigenvalue weighted by Crippen LogP contribution is -2.32. The third-order valence-electron chi connectivity index (χ3n) is 1.51. The first-order chi connectivity index (χ1) is 6.68. The van der Waals surface area contributed by atoms with Crippen LogP contribution in [0.15, 0.2) is 23.5 Å². The largest absolute Gasteiger partial charge is 0.385 e. The van der Waals surface area contributed by atoms with Crippen LogP contribution < -0.4 is 16.4 Å². The molecule has 0 saturated heterocycles. The summed E-state index contributed by atoms with van der Waals surface area (Å²) in [6.45, 7) is 6.91. The molecule has 1 rings (SSSR count). The number of primary amides is 1. The molecule has 0 aromatic carbocycles. The summed E-state index contributed by atoms with van der Waals surface area (Å²) in [5, 5.41) is 6.00. The average Bonchev–Trinajstić information content (AvgIpc) is 2.18. The fourth-order valence-corrected chi connectivity index (χ4v) is 1.00. The smallest absolute Gasteiger partial charge is 0.236 e. The van der Waals surface area contributed by atoms with Gasteiger partial charge in [-0.2, -0.15) is 0 Å². The van der Waals surface area contributed by atoms with E-state index in [1.165, 1.54) is 0 Å². The first-order valence-electron chi connectivity index (χ1n) is 4.81. The molecule has 0 atom stereocenters. The Morgan fingerprint density at radius 2 is 2.29 bits per heavy atom. The van der Waals surface area contributed by atoms with Crippen LogP contribution in [0.2, 0.25) is 0 Å². The van der Waals surface area contributed by atoms with Gasteiger partial charge in [0.05, 0.1) is 13.1 Å². The maximum absolute atomic E-state index is 10.4. The molecule has 0 aromatic rings. The molecule has 80 valence electrons. The maximum Gasteiger partial charge on any atom is 0.236 e. The molecule has 0 fully saturated rings. The van der Waals surface area contributed by atoms with E-state index in [0.717, 1.165) is 17.8 Å². The molecule has 0 unspecified atom stereocenters. The Kier molecular flexibility index (Phi) is 6.28. The van der Waals surface area contributed by atoms with E-state index in [1.807, 2.05) is 33.0 Å². The second-order valence-corrected chi connectivity index (χ2v) is 2.76. The maximum atomic E-state index is 10.4. The Morgan fingerprint density at radius 3 is 2.79 bits per heavy atom. The van der Waals surface area contributed by atoms with Crippen LogP contribution in [0, 0.1) is 0 Å². The summed E-state index contributed by atoms with van der Waals surface area (Å²) < 4.78 is 0. The molecular formula is C10H19N3O. The number of nitrogens with one attached hydrogen (secondary N) is 2. The van der Waals surface area contributed by atoms with Gasteiger partial charge in [0, 0.05) is 5.70 Å². The number of hydrogen-bond donors (Lipinski definition) is 3. The second kappa shape index (κ2) is 7.00. The molecule has 1 aliphatic heterocycles. The Hall–Kier alpha value is -1.45. The van der Waals surface area contributed by atoms with Crippen LogP contribution in [0.3, 0.4) is 0 Å². The van der Waals surface area contributed by atoms with E-state index in [0.29, 0.717) is 0 Å². The first kappa shape index (κ1) is 12.6. The fourth-order valence-electron chi connectivity index (χ4n) is 1.00. The summed E-state index contributed by atoms with van der Waals surface area (Å²) in [7, 11) is 0. The van der Waals surface area contributed by atoms with E-state index in [9.17, 15) is 4.79 Å². The van der Waals surface area contributed by atoms with Crippen molar-refractivity contribution in [1.29, 1.82) is 0 Å². The number of carbonyl (C=O) groups excluding carboxylic acids is 1. The summed E-state index contributed by atoms with van der Waals surface area (Å²) in [6.07, 6.45) is 3.91. The van der Waals surface area contributed by atoms with Gasteiger partial charge in [-0.1, -0.05) is 13.8 Å². The SMILES string of the molecule is CC.CC1=CNCC(NCC(N)=O)=C1. The normalized spacial score (nSPS) is 13.9. The molecule has 4 nitrogen and oxygen atoms in total. The molecule has 0 saturated carbocycles. The lowest BCUT2D eigenvalue weighted by molar-refractivity contribution is -0.117. The topological polar surface area (TPSA) is 67.2 Å². The number of hydrogen-bond acceptors (Lipinski definition) is 3. The van der Waals surface area contributed by atoms with Gasteiger partial charge in [0.2, 0.25) is 5.91 Å². The minimum atomic E-state index is -0.344. The van der Waals surface area contributed by atoms with Crippen molar-refractivity contribution >= 4 is 5.91 Å².